The number of pyridine rings is 1. The lowest BCUT2D eigenvalue weighted by Gasteiger charge is -2.33. The Morgan fingerprint density at radius 3 is 2.83 bits per heavy atom. The van der Waals surface area contributed by atoms with Crippen molar-refractivity contribution in [2.45, 2.75) is 39.2 Å². The molecule has 2 rings (SSSR count). The van der Waals surface area contributed by atoms with Crippen LogP contribution in [0, 0.1) is 11.8 Å². The van der Waals surface area contributed by atoms with Crippen LogP contribution >= 0.6 is 0 Å². The molecule has 1 aliphatic rings. The topological polar surface area (TPSA) is 68.0 Å². The van der Waals surface area contributed by atoms with Crippen molar-refractivity contribution in [2.24, 2.45) is 11.8 Å². The number of nitrogens with two attached hydrogens (primary N) is 1. The van der Waals surface area contributed by atoms with E-state index in [-0.39, 0.29) is 11.9 Å². The number of rotatable bonds is 2. The Kier molecular flexibility index (Phi) is 3.84. The lowest BCUT2D eigenvalue weighted by atomic mass is 9.80. The van der Waals surface area contributed by atoms with E-state index in [4.69, 9.17) is 5.73 Å². The van der Waals surface area contributed by atoms with Gasteiger partial charge in [0.2, 0.25) is 0 Å². The van der Waals surface area contributed by atoms with Crippen LogP contribution in [0.25, 0.3) is 0 Å². The molecule has 98 valence electrons. The molecule has 3 atom stereocenters. The Bertz CT molecular complexity index is 433. The number of hydrogen-bond donors (Lipinski definition) is 2. The van der Waals surface area contributed by atoms with E-state index in [9.17, 15) is 4.79 Å². The molecule has 1 heterocycles. The summed E-state index contributed by atoms with van der Waals surface area (Å²) in [5, 5.41) is 3.08. The first-order chi connectivity index (χ1) is 8.56. The van der Waals surface area contributed by atoms with E-state index in [1.165, 1.54) is 12.8 Å². The Hall–Kier alpha value is -1.58. The third kappa shape index (κ3) is 3.00. The van der Waals surface area contributed by atoms with Crippen molar-refractivity contribution in [3.05, 3.63) is 23.9 Å². The second kappa shape index (κ2) is 5.38. The highest BCUT2D eigenvalue weighted by atomic mass is 16.1. The van der Waals surface area contributed by atoms with E-state index in [0.717, 1.165) is 12.3 Å². The highest BCUT2D eigenvalue weighted by Crippen LogP contribution is 2.28. The van der Waals surface area contributed by atoms with Crippen molar-refractivity contribution in [1.82, 2.24) is 10.3 Å². The number of carbonyl (C=O) groups is 1. The van der Waals surface area contributed by atoms with Crippen molar-refractivity contribution < 1.29 is 4.79 Å². The van der Waals surface area contributed by atoms with Gasteiger partial charge in [0.1, 0.15) is 11.5 Å². The van der Waals surface area contributed by atoms with Gasteiger partial charge in [-0.2, -0.15) is 0 Å². The molecule has 18 heavy (non-hydrogen) atoms. The Labute approximate surface area is 108 Å². The number of nitrogens with one attached hydrogen (secondary N) is 1. The minimum absolute atomic E-state index is 0.117. The van der Waals surface area contributed by atoms with E-state index in [1.54, 1.807) is 18.2 Å². The van der Waals surface area contributed by atoms with Crippen LogP contribution in [0.15, 0.2) is 18.2 Å². The van der Waals surface area contributed by atoms with Gasteiger partial charge in [0.15, 0.2) is 0 Å². The summed E-state index contributed by atoms with van der Waals surface area (Å²) < 4.78 is 0. The molecule has 0 aromatic carbocycles. The lowest BCUT2D eigenvalue weighted by Crippen LogP contribution is -2.42. The van der Waals surface area contributed by atoms with Gasteiger partial charge in [0, 0.05) is 6.04 Å². The molecule has 1 fully saturated rings. The summed E-state index contributed by atoms with van der Waals surface area (Å²) in [6.45, 7) is 4.47. The maximum atomic E-state index is 12.1. The molecule has 0 aliphatic heterocycles. The molecule has 0 bridgehead atoms. The Balaban J connectivity index is 1.99. The molecule has 1 saturated carbocycles. The molecular formula is C14H21N3O. The average molecular weight is 247 g/mol. The number of nitrogens with zero attached hydrogens (tertiary/aromatic N) is 1. The molecule has 0 radical (unpaired) electrons. The summed E-state index contributed by atoms with van der Waals surface area (Å²) in [6.07, 6.45) is 3.41. The summed E-state index contributed by atoms with van der Waals surface area (Å²) in [4.78, 5) is 16.1. The molecule has 4 heteroatoms. The van der Waals surface area contributed by atoms with Crippen molar-refractivity contribution in [3.63, 3.8) is 0 Å². The van der Waals surface area contributed by atoms with E-state index in [2.05, 4.69) is 24.1 Å². The quantitative estimate of drug-likeness (QED) is 0.842. The first-order valence-corrected chi connectivity index (χ1v) is 6.59. The third-order valence-corrected chi connectivity index (χ3v) is 3.75. The summed E-state index contributed by atoms with van der Waals surface area (Å²) in [7, 11) is 0. The molecular weight excluding hydrogens is 226 g/mol. The zero-order chi connectivity index (χ0) is 13.1. The second-order valence-electron chi connectivity index (χ2n) is 5.42. The summed E-state index contributed by atoms with van der Waals surface area (Å²) in [6, 6.07) is 5.39. The first-order valence-electron chi connectivity index (χ1n) is 6.59. The first kappa shape index (κ1) is 12.9. The average Bonchev–Trinajstić information content (AvgIpc) is 2.32. The molecule has 0 spiro atoms. The summed E-state index contributed by atoms with van der Waals surface area (Å²) in [5.41, 5.74) is 5.99. The molecule has 4 nitrogen and oxygen atoms in total. The minimum Gasteiger partial charge on any atom is -0.384 e. The van der Waals surface area contributed by atoms with Gasteiger partial charge in [-0.1, -0.05) is 19.9 Å². The van der Waals surface area contributed by atoms with E-state index in [1.807, 2.05) is 0 Å². The van der Waals surface area contributed by atoms with Crippen LogP contribution in [0.5, 0.6) is 0 Å². The lowest BCUT2D eigenvalue weighted by molar-refractivity contribution is 0.0894. The van der Waals surface area contributed by atoms with E-state index in [0.29, 0.717) is 17.4 Å². The van der Waals surface area contributed by atoms with Gasteiger partial charge in [0.25, 0.3) is 5.91 Å². The van der Waals surface area contributed by atoms with Crippen molar-refractivity contribution >= 4 is 11.7 Å². The predicted molar refractivity (Wildman–Crippen MR) is 72.1 cm³/mol. The van der Waals surface area contributed by atoms with Crippen LogP contribution in [0.2, 0.25) is 0 Å². The van der Waals surface area contributed by atoms with Gasteiger partial charge < -0.3 is 11.1 Å². The van der Waals surface area contributed by atoms with Crippen molar-refractivity contribution in [1.29, 1.82) is 0 Å². The van der Waals surface area contributed by atoms with Crippen LogP contribution in [0.4, 0.5) is 5.82 Å². The highest BCUT2D eigenvalue weighted by molar-refractivity contribution is 5.92. The molecule has 3 N–H and O–H groups in total. The van der Waals surface area contributed by atoms with Gasteiger partial charge >= 0.3 is 0 Å². The van der Waals surface area contributed by atoms with Crippen molar-refractivity contribution in [3.8, 4) is 0 Å². The van der Waals surface area contributed by atoms with Crippen molar-refractivity contribution in [2.75, 3.05) is 5.73 Å². The largest absolute Gasteiger partial charge is 0.384 e. The smallest absolute Gasteiger partial charge is 0.270 e. The third-order valence-electron chi connectivity index (χ3n) is 3.75. The van der Waals surface area contributed by atoms with E-state index >= 15 is 0 Å². The molecule has 1 amide bonds. The summed E-state index contributed by atoms with van der Waals surface area (Å²) in [5.74, 6) is 1.55. The van der Waals surface area contributed by atoms with E-state index < -0.39 is 0 Å². The fraction of sp³-hybridized carbons (Fsp3) is 0.571. The zero-order valence-corrected chi connectivity index (χ0v) is 11.0. The summed E-state index contributed by atoms with van der Waals surface area (Å²) >= 11 is 0. The molecule has 1 aromatic heterocycles. The fourth-order valence-corrected chi connectivity index (χ4v) is 2.70. The standard InChI is InChI=1S/C14H21N3O/c1-9-6-7-11(10(2)8-9)17-14(18)12-4-3-5-13(15)16-12/h3-5,9-11H,6-8H2,1-2H3,(H2,15,16)(H,17,18). The van der Waals surface area contributed by atoms with Gasteiger partial charge in [-0.25, -0.2) is 4.98 Å². The highest BCUT2D eigenvalue weighted by Gasteiger charge is 2.26. The van der Waals surface area contributed by atoms with Crippen LogP contribution in [0.3, 0.4) is 0 Å². The molecule has 3 unspecified atom stereocenters. The molecule has 1 aliphatic carbocycles. The number of anilines is 1. The second-order valence-corrected chi connectivity index (χ2v) is 5.42. The molecule has 0 saturated heterocycles. The van der Waals surface area contributed by atoms with Gasteiger partial charge in [-0.3, -0.25) is 4.79 Å². The van der Waals surface area contributed by atoms with Crippen LogP contribution < -0.4 is 11.1 Å². The number of amides is 1. The van der Waals surface area contributed by atoms with Crippen LogP contribution in [-0.2, 0) is 0 Å². The SMILES string of the molecule is CC1CCC(NC(=O)c2cccc(N)n2)C(C)C1. The maximum Gasteiger partial charge on any atom is 0.270 e. The number of hydrogen-bond acceptors (Lipinski definition) is 3. The number of nitrogen functional groups attached to an aromatic ring is 1. The zero-order valence-electron chi connectivity index (χ0n) is 11.0. The Morgan fingerprint density at radius 1 is 1.39 bits per heavy atom. The fourth-order valence-electron chi connectivity index (χ4n) is 2.70. The van der Waals surface area contributed by atoms with Crippen LogP contribution in [0.1, 0.15) is 43.6 Å². The predicted octanol–water partition coefficient (Wildman–Crippen LogP) is 2.22. The van der Waals surface area contributed by atoms with Crippen LogP contribution in [-0.4, -0.2) is 16.9 Å². The maximum absolute atomic E-state index is 12.1. The monoisotopic (exact) mass is 247 g/mol. The normalized spacial score (nSPS) is 27.8. The van der Waals surface area contributed by atoms with Gasteiger partial charge in [-0.15, -0.1) is 0 Å². The molecule has 1 aromatic rings. The van der Waals surface area contributed by atoms with Gasteiger partial charge in [-0.05, 0) is 43.2 Å². The number of aromatic nitrogens is 1. The number of carbonyl (C=O) groups excluding carboxylic acids is 1. The minimum atomic E-state index is -0.117. The van der Waals surface area contributed by atoms with Gasteiger partial charge in [0.05, 0.1) is 0 Å². The Morgan fingerprint density at radius 2 is 2.17 bits per heavy atom.